The maximum atomic E-state index is 12.1. The van der Waals surface area contributed by atoms with Crippen molar-refractivity contribution >= 4 is 11.6 Å². The maximum Gasteiger partial charge on any atom is 0.224 e. The molecule has 0 spiro atoms. The molecule has 1 saturated heterocycles. The Morgan fingerprint density at radius 3 is 2.80 bits per heavy atom. The van der Waals surface area contributed by atoms with Crippen LogP contribution in [0.5, 0.6) is 0 Å². The van der Waals surface area contributed by atoms with Gasteiger partial charge in [0.25, 0.3) is 0 Å². The first-order chi connectivity index (χ1) is 9.70. The van der Waals surface area contributed by atoms with E-state index in [-0.39, 0.29) is 5.91 Å². The first-order valence-corrected chi connectivity index (χ1v) is 7.66. The van der Waals surface area contributed by atoms with Crippen LogP contribution in [0.3, 0.4) is 0 Å². The van der Waals surface area contributed by atoms with Crippen LogP contribution in [0.25, 0.3) is 0 Å². The Morgan fingerprint density at radius 2 is 2.10 bits per heavy atom. The standard InChI is InChI=1S/C17H25NO2/c1-3-15-6-4-5-13(2)17(15)18-16(19)8-7-14-9-11-20-12-10-14/h4-6,14H,3,7-12H2,1-2H3,(H,18,19). The smallest absolute Gasteiger partial charge is 0.224 e. The van der Waals surface area contributed by atoms with Crippen LogP contribution >= 0.6 is 0 Å². The molecule has 20 heavy (non-hydrogen) atoms. The molecule has 1 aromatic carbocycles. The number of rotatable bonds is 5. The second-order valence-electron chi connectivity index (χ2n) is 5.61. The maximum absolute atomic E-state index is 12.1. The summed E-state index contributed by atoms with van der Waals surface area (Å²) < 4.78 is 5.35. The predicted octanol–water partition coefficient (Wildman–Crippen LogP) is 3.70. The lowest BCUT2D eigenvalue weighted by Crippen LogP contribution is -2.19. The number of benzene rings is 1. The van der Waals surface area contributed by atoms with Gasteiger partial charge in [0.15, 0.2) is 0 Å². The lowest BCUT2D eigenvalue weighted by atomic mass is 9.95. The number of carbonyl (C=O) groups is 1. The third-order valence-corrected chi connectivity index (χ3v) is 4.12. The molecule has 0 aliphatic carbocycles. The molecule has 1 N–H and O–H groups in total. The summed E-state index contributed by atoms with van der Waals surface area (Å²) in [5.41, 5.74) is 3.36. The van der Waals surface area contributed by atoms with E-state index in [0.717, 1.165) is 50.1 Å². The summed E-state index contributed by atoms with van der Waals surface area (Å²) in [6.45, 7) is 5.87. The van der Waals surface area contributed by atoms with Gasteiger partial charge in [-0.1, -0.05) is 25.1 Å². The fourth-order valence-corrected chi connectivity index (χ4v) is 2.77. The van der Waals surface area contributed by atoms with E-state index in [1.165, 1.54) is 5.56 Å². The van der Waals surface area contributed by atoms with Crippen molar-refractivity contribution in [3.05, 3.63) is 29.3 Å². The van der Waals surface area contributed by atoms with Gasteiger partial charge in [-0.15, -0.1) is 0 Å². The van der Waals surface area contributed by atoms with Crippen LogP contribution in [0, 0.1) is 12.8 Å². The van der Waals surface area contributed by atoms with Crippen LogP contribution in [0.15, 0.2) is 18.2 Å². The molecular weight excluding hydrogens is 250 g/mol. The summed E-state index contributed by atoms with van der Waals surface area (Å²) in [7, 11) is 0. The molecule has 1 aliphatic heterocycles. The third kappa shape index (κ3) is 4.07. The van der Waals surface area contributed by atoms with E-state index in [9.17, 15) is 4.79 Å². The van der Waals surface area contributed by atoms with Gasteiger partial charge in [0.05, 0.1) is 0 Å². The van der Waals surface area contributed by atoms with Gasteiger partial charge >= 0.3 is 0 Å². The van der Waals surface area contributed by atoms with Crippen molar-refractivity contribution in [3.63, 3.8) is 0 Å². The highest BCUT2D eigenvalue weighted by atomic mass is 16.5. The fourth-order valence-electron chi connectivity index (χ4n) is 2.77. The third-order valence-electron chi connectivity index (χ3n) is 4.12. The summed E-state index contributed by atoms with van der Waals surface area (Å²) >= 11 is 0. The number of amides is 1. The molecule has 1 fully saturated rings. The zero-order chi connectivity index (χ0) is 14.4. The topological polar surface area (TPSA) is 38.3 Å². The lowest BCUT2D eigenvalue weighted by molar-refractivity contribution is -0.116. The van der Waals surface area contributed by atoms with Crippen molar-refractivity contribution < 1.29 is 9.53 Å². The van der Waals surface area contributed by atoms with E-state index in [1.807, 2.05) is 19.1 Å². The van der Waals surface area contributed by atoms with Gasteiger partial charge in [-0.3, -0.25) is 4.79 Å². The molecule has 1 aromatic rings. The first-order valence-electron chi connectivity index (χ1n) is 7.66. The molecule has 0 atom stereocenters. The number of para-hydroxylation sites is 1. The van der Waals surface area contributed by atoms with Gasteiger partial charge in [-0.05, 0) is 49.7 Å². The van der Waals surface area contributed by atoms with Crippen molar-refractivity contribution in [2.75, 3.05) is 18.5 Å². The minimum atomic E-state index is 0.139. The molecule has 1 amide bonds. The normalized spacial score (nSPS) is 16.1. The zero-order valence-electron chi connectivity index (χ0n) is 12.6. The van der Waals surface area contributed by atoms with E-state index in [4.69, 9.17) is 4.74 Å². The molecule has 0 bridgehead atoms. The molecule has 2 rings (SSSR count). The van der Waals surface area contributed by atoms with Crippen molar-refractivity contribution in [1.82, 2.24) is 0 Å². The number of hydrogen-bond acceptors (Lipinski definition) is 2. The average Bonchev–Trinajstić information content (AvgIpc) is 2.48. The van der Waals surface area contributed by atoms with Gasteiger partial charge < -0.3 is 10.1 Å². The second kappa shape index (κ2) is 7.44. The molecule has 0 saturated carbocycles. The van der Waals surface area contributed by atoms with Gasteiger partial charge in [0.1, 0.15) is 0 Å². The Hall–Kier alpha value is -1.35. The monoisotopic (exact) mass is 275 g/mol. The number of ether oxygens (including phenoxy) is 1. The summed E-state index contributed by atoms with van der Waals surface area (Å²) in [4.78, 5) is 12.1. The van der Waals surface area contributed by atoms with Crippen LogP contribution in [-0.4, -0.2) is 19.1 Å². The Morgan fingerprint density at radius 1 is 1.35 bits per heavy atom. The predicted molar refractivity (Wildman–Crippen MR) is 82.0 cm³/mol. The number of aryl methyl sites for hydroxylation is 2. The summed E-state index contributed by atoms with van der Waals surface area (Å²) in [5.74, 6) is 0.789. The molecule has 1 heterocycles. The van der Waals surface area contributed by atoms with E-state index in [2.05, 4.69) is 18.3 Å². The molecule has 3 heteroatoms. The number of hydrogen-bond donors (Lipinski definition) is 1. The van der Waals surface area contributed by atoms with Crippen molar-refractivity contribution in [2.24, 2.45) is 5.92 Å². The van der Waals surface area contributed by atoms with Gasteiger partial charge in [0.2, 0.25) is 5.91 Å². The molecule has 110 valence electrons. The fraction of sp³-hybridized carbons (Fsp3) is 0.588. The van der Waals surface area contributed by atoms with Gasteiger partial charge in [-0.2, -0.15) is 0 Å². The van der Waals surface area contributed by atoms with Crippen LogP contribution in [0.4, 0.5) is 5.69 Å². The summed E-state index contributed by atoms with van der Waals surface area (Å²) in [6, 6.07) is 6.18. The minimum absolute atomic E-state index is 0.139. The molecule has 3 nitrogen and oxygen atoms in total. The molecule has 0 unspecified atom stereocenters. The van der Waals surface area contributed by atoms with Crippen molar-refractivity contribution in [1.29, 1.82) is 0 Å². The van der Waals surface area contributed by atoms with Gasteiger partial charge in [-0.25, -0.2) is 0 Å². The molecular formula is C17H25NO2. The number of carbonyl (C=O) groups excluding carboxylic acids is 1. The minimum Gasteiger partial charge on any atom is -0.381 e. The summed E-state index contributed by atoms with van der Waals surface area (Å²) in [6.07, 6.45) is 4.72. The average molecular weight is 275 g/mol. The van der Waals surface area contributed by atoms with E-state index in [1.54, 1.807) is 0 Å². The van der Waals surface area contributed by atoms with E-state index in [0.29, 0.717) is 12.3 Å². The van der Waals surface area contributed by atoms with Gasteiger partial charge in [0, 0.05) is 25.3 Å². The van der Waals surface area contributed by atoms with Crippen LogP contribution in [-0.2, 0) is 16.0 Å². The highest BCUT2D eigenvalue weighted by Gasteiger charge is 2.16. The Bertz CT molecular complexity index is 450. The zero-order valence-corrected chi connectivity index (χ0v) is 12.6. The van der Waals surface area contributed by atoms with E-state index < -0.39 is 0 Å². The SMILES string of the molecule is CCc1cccc(C)c1NC(=O)CCC1CCOCC1. The quantitative estimate of drug-likeness (QED) is 0.889. The van der Waals surface area contributed by atoms with Crippen LogP contribution < -0.4 is 5.32 Å². The molecule has 0 aromatic heterocycles. The Balaban J connectivity index is 1.88. The van der Waals surface area contributed by atoms with Crippen LogP contribution in [0.2, 0.25) is 0 Å². The second-order valence-corrected chi connectivity index (χ2v) is 5.61. The van der Waals surface area contributed by atoms with Crippen molar-refractivity contribution in [2.45, 2.75) is 46.0 Å². The first kappa shape index (κ1) is 15.0. The van der Waals surface area contributed by atoms with E-state index >= 15 is 0 Å². The van der Waals surface area contributed by atoms with Crippen molar-refractivity contribution in [3.8, 4) is 0 Å². The molecule has 0 radical (unpaired) electrons. The highest BCUT2D eigenvalue weighted by Crippen LogP contribution is 2.23. The largest absolute Gasteiger partial charge is 0.381 e. The number of nitrogens with one attached hydrogen (secondary N) is 1. The number of anilines is 1. The summed E-state index contributed by atoms with van der Waals surface area (Å²) in [5, 5.41) is 3.10. The Kier molecular flexibility index (Phi) is 5.60. The van der Waals surface area contributed by atoms with Crippen LogP contribution in [0.1, 0.15) is 43.7 Å². The lowest BCUT2D eigenvalue weighted by Gasteiger charge is -2.21. The molecule has 1 aliphatic rings. The highest BCUT2D eigenvalue weighted by molar-refractivity contribution is 5.92. The Labute approximate surface area is 121 Å².